The van der Waals surface area contributed by atoms with Gasteiger partial charge in [0.1, 0.15) is 5.82 Å². The van der Waals surface area contributed by atoms with Crippen LogP contribution in [0.5, 0.6) is 0 Å². The molecule has 0 atom stereocenters. The number of benzene rings is 2. The Hall–Kier alpha value is -2.37. The van der Waals surface area contributed by atoms with Crippen LogP contribution in [0.2, 0.25) is 10.0 Å². The average Bonchev–Trinajstić information content (AvgIpc) is 2.60. The van der Waals surface area contributed by atoms with E-state index >= 15 is 0 Å². The van der Waals surface area contributed by atoms with Gasteiger partial charge >= 0.3 is 0 Å². The lowest BCUT2D eigenvalue weighted by atomic mass is 10.2. The predicted molar refractivity (Wildman–Crippen MR) is 97.2 cm³/mol. The summed E-state index contributed by atoms with van der Waals surface area (Å²) in [7, 11) is 0. The first kappa shape index (κ1) is 19.0. The molecule has 7 heteroatoms. The van der Waals surface area contributed by atoms with E-state index in [1.165, 1.54) is 24.3 Å². The maximum atomic E-state index is 13.4. The van der Waals surface area contributed by atoms with Crippen LogP contribution in [-0.2, 0) is 4.79 Å². The number of halogens is 3. The Bertz CT molecular complexity index is 809. The van der Waals surface area contributed by atoms with Crippen molar-refractivity contribution < 1.29 is 14.0 Å². The first-order valence-corrected chi connectivity index (χ1v) is 8.17. The van der Waals surface area contributed by atoms with Gasteiger partial charge in [0.2, 0.25) is 5.91 Å². The van der Waals surface area contributed by atoms with Gasteiger partial charge < -0.3 is 10.6 Å². The normalized spacial score (nSPS) is 10.7. The summed E-state index contributed by atoms with van der Waals surface area (Å²) in [6.45, 7) is 0.372. The number of hydrogen-bond acceptors (Lipinski definition) is 2. The van der Waals surface area contributed by atoms with Gasteiger partial charge in [-0.2, -0.15) is 0 Å². The number of carbonyl (C=O) groups is 2. The Morgan fingerprint density at radius 2 is 1.72 bits per heavy atom. The van der Waals surface area contributed by atoms with Crippen molar-refractivity contribution >= 4 is 41.1 Å². The van der Waals surface area contributed by atoms with Crippen LogP contribution in [-0.4, -0.2) is 24.9 Å². The standard InChI is InChI=1S/C18H15Cl2FN2O2/c19-14-6-3-4-12(17(14)20)8-9-16(24)22-10-11-23-18(25)13-5-1-2-7-15(13)21/h1-9H,10-11H2,(H,22,24)(H,23,25)/b9-8+. The van der Waals surface area contributed by atoms with Gasteiger partial charge in [-0.1, -0.05) is 47.5 Å². The summed E-state index contributed by atoms with van der Waals surface area (Å²) < 4.78 is 13.4. The van der Waals surface area contributed by atoms with E-state index in [9.17, 15) is 14.0 Å². The lowest BCUT2D eigenvalue weighted by Gasteiger charge is -2.06. The molecule has 0 aliphatic rings. The van der Waals surface area contributed by atoms with Crippen molar-refractivity contribution in [2.24, 2.45) is 0 Å². The molecule has 0 radical (unpaired) electrons. The van der Waals surface area contributed by atoms with Crippen molar-refractivity contribution in [3.63, 3.8) is 0 Å². The monoisotopic (exact) mass is 380 g/mol. The van der Waals surface area contributed by atoms with Crippen molar-refractivity contribution in [1.29, 1.82) is 0 Å². The van der Waals surface area contributed by atoms with E-state index < -0.39 is 11.7 Å². The summed E-state index contributed by atoms with van der Waals surface area (Å²) >= 11 is 11.9. The largest absolute Gasteiger partial charge is 0.351 e. The van der Waals surface area contributed by atoms with Crippen LogP contribution in [0.1, 0.15) is 15.9 Å². The Balaban J connectivity index is 1.77. The summed E-state index contributed by atoms with van der Waals surface area (Å²) in [4.78, 5) is 23.5. The number of hydrogen-bond donors (Lipinski definition) is 2. The molecule has 0 bridgehead atoms. The molecule has 2 aromatic rings. The Kier molecular flexibility index (Phi) is 6.98. The van der Waals surface area contributed by atoms with Crippen molar-refractivity contribution in [2.45, 2.75) is 0 Å². The average molecular weight is 381 g/mol. The molecule has 0 aromatic heterocycles. The quantitative estimate of drug-likeness (QED) is 0.592. The second kappa shape index (κ2) is 9.20. The topological polar surface area (TPSA) is 58.2 Å². The Morgan fingerprint density at radius 3 is 2.48 bits per heavy atom. The molecule has 0 saturated carbocycles. The number of carbonyl (C=O) groups excluding carboxylic acids is 2. The highest BCUT2D eigenvalue weighted by atomic mass is 35.5. The van der Waals surface area contributed by atoms with Crippen LogP contribution in [0.25, 0.3) is 6.08 Å². The Morgan fingerprint density at radius 1 is 1.00 bits per heavy atom. The van der Waals surface area contributed by atoms with Gasteiger partial charge in [0.05, 0.1) is 15.6 Å². The predicted octanol–water partition coefficient (Wildman–Crippen LogP) is 3.69. The maximum Gasteiger partial charge on any atom is 0.254 e. The first-order valence-electron chi connectivity index (χ1n) is 7.41. The molecule has 130 valence electrons. The second-order valence-corrected chi connectivity index (χ2v) is 5.79. The van der Waals surface area contributed by atoms with E-state index in [-0.39, 0.29) is 24.6 Å². The molecule has 0 unspecified atom stereocenters. The summed E-state index contributed by atoms with van der Waals surface area (Å²) in [5, 5.41) is 5.90. The zero-order valence-electron chi connectivity index (χ0n) is 13.1. The van der Waals surface area contributed by atoms with Crippen LogP contribution in [0, 0.1) is 5.82 Å². The molecule has 4 nitrogen and oxygen atoms in total. The number of rotatable bonds is 6. The molecule has 0 aliphatic carbocycles. The van der Waals surface area contributed by atoms with Crippen molar-refractivity contribution in [3.05, 3.63) is 75.5 Å². The molecule has 0 saturated heterocycles. The van der Waals surface area contributed by atoms with Crippen molar-refractivity contribution in [1.82, 2.24) is 10.6 Å². The molecule has 25 heavy (non-hydrogen) atoms. The second-order valence-electron chi connectivity index (χ2n) is 5.00. The minimum atomic E-state index is -0.592. The molecule has 0 aliphatic heterocycles. The highest BCUT2D eigenvalue weighted by Crippen LogP contribution is 2.26. The van der Waals surface area contributed by atoms with Crippen LogP contribution in [0.4, 0.5) is 4.39 Å². The zero-order chi connectivity index (χ0) is 18.2. The lowest BCUT2D eigenvalue weighted by Crippen LogP contribution is -2.34. The van der Waals surface area contributed by atoms with Gasteiger partial charge in [-0.05, 0) is 29.8 Å². The van der Waals surface area contributed by atoms with Gasteiger partial charge in [-0.15, -0.1) is 0 Å². The summed E-state index contributed by atoms with van der Waals surface area (Å²) in [5.74, 6) is -1.48. The zero-order valence-corrected chi connectivity index (χ0v) is 14.6. The molecule has 2 N–H and O–H groups in total. The number of amides is 2. The van der Waals surface area contributed by atoms with Crippen LogP contribution < -0.4 is 10.6 Å². The Labute approximate surface area is 154 Å². The molecule has 2 amide bonds. The highest BCUT2D eigenvalue weighted by molar-refractivity contribution is 6.42. The molecule has 2 aromatic carbocycles. The smallest absolute Gasteiger partial charge is 0.254 e. The minimum absolute atomic E-state index is 0.0377. The molecular formula is C18H15Cl2FN2O2. The maximum absolute atomic E-state index is 13.4. The van der Waals surface area contributed by atoms with E-state index in [1.807, 2.05) is 0 Å². The SMILES string of the molecule is O=C(/C=C/c1cccc(Cl)c1Cl)NCCNC(=O)c1ccccc1F. The minimum Gasteiger partial charge on any atom is -0.351 e. The van der Waals surface area contributed by atoms with Gasteiger partial charge in [-0.25, -0.2) is 4.39 Å². The first-order chi connectivity index (χ1) is 12.0. The highest BCUT2D eigenvalue weighted by Gasteiger charge is 2.09. The van der Waals surface area contributed by atoms with E-state index in [2.05, 4.69) is 10.6 Å². The van der Waals surface area contributed by atoms with E-state index in [0.717, 1.165) is 0 Å². The van der Waals surface area contributed by atoms with Crippen molar-refractivity contribution in [3.8, 4) is 0 Å². The summed E-state index contributed by atoms with van der Waals surface area (Å²) in [5.41, 5.74) is 0.585. The third kappa shape index (κ3) is 5.59. The van der Waals surface area contributed by atoms with Crippen LogP contribution in [0.3, 0.4) is 0 Å². The fourth-order valence-corrected chi connectivity index (χ4v) is 2.35. The van der Waals surface area contributed by atoms with Gasteiger partial charge in [0, 0.05) is 19.2 Å². The lowest BCUT2D eigenvalue weighted by molar-refractivity contribution is -0.116. The third-order valence-electron chi connectivity index (χ3n) is 3.22. The number of nitrogens with one attached hydrogen (secondary N) is 2. The molecule has 0 spiro atoms. The molecule has 0 heterocycles. The molecular weight excluding hydrogens is 366 g/mol. The molecule has 2 rings (SSSR count). The van der Waals surface area contributed by atoms with Crippen molar-refractivity contribution in [2.75, 3.05) is 13.1 Å². The summed E-state index contributed by atoms with van der Waals surface area (Å²) in [6, 6.07) is 10.8. The van der Waals surface area contributed by atoms with Gasteiger partial charge in [0.15, 0.2) is 0 Å². The van der Waals surface area contributed by atoms with E-state index in [4.69, 9.17) is 23.2 Å². The third-order valence-corrected chi connectivity index (χ3v) is 4.06. The van der Waals surface area contributed by atoms with Gasteiger partial charge in [0.25, 0.3) is 5.91 Å². The van der Waals surface area contributed by atoms with E-state index in [1.54, 1.807) is 30.3 Å². The summed E-state index contributed by atoms with van der Waals surface area (Å²) in [6.07, 6.45) is 2.86. The van der Waals surface area contributed by atoms with E-state index in [0.29, 0.717) is 15.6 Å². The molecule has 0 fully saturated rings. The van der Waals surface area contributed by atoms with Crippen LogP contribution >= 0.6 is 23.2 Å². The fourth-order valence-electron chi connectivity index (χ4n) is 1.98. The fraction of sp³-hybridized carbons (Fsp3) is 0.111. The van der Waals surface area contributed by atoms with Gasteiger partial charge in [-0.3, -0.25) is 9.59 Å². The van der Waals surface area contributed by atoms with Crippen LogP contribution in [0.15, 0.2) is 48.5 Å².